The lowest BCUT2D eigenvalue weighted by molar-refractivity contribution is -0.131. The minimum absolute atomic E-state index is 0.178. The molecule has 1 aromatic rings. The molecular weight excluding hydrogens is 354 g/mol. The molecule has 0 saturated carbocycles. The number of carbonyl (C=O) groups excluding carboxylic acids is 2. The summed E-state index contributed by atoms with van der Waals surface area (Å²) in [5, 5.41) is 2.91. The molecule has 0 aromatic heterocycles. The van der Waals surface area contributed by atoms with Crippen LogP contribution in [0.4, 0.5) is 0 Å². The molecule has 156 valence electrons. The lowest BCUT2D eigenvalue weighted by Gasteiger charge is -2.34. The number of benzene rings is 1. The highest BCUT2D eigenvalue weighted by Crippen LogP contribution is 2.15. The van der Waals surface area contributed by atoms with Crippen molar-refractivity contribution in [2.45, 2.75) is 39.0 Å². The SMILES string of the molecule is CCCCCC(=O)c1ccc(OCCCN2CCN(C(=O)CNC)CC2)cc1. The van der Waals surface area contributed by atoms with Crippen LogP contribution in [0.1, 0.15) is 49.4 Å². The van der Waals surface area contributed by atoms with Gasteiger partial charge in [0.15, 0.2) is 5.78 Å². The predicted octanol–water partition coefficient (Wildman–Crippen LogP) is 2.58. The van der Waals surface area contributed by atoms with E-state index in [-0.39, 0.29) is 11.7 Å². The third-order valence-corrected chi connectivity index (χ3v) is 5.12. The lowest BCUT2D eigenvalue weighted by atomic mass is 10.0. The van der Waals surface area contributed by atoms with Gasteiger partial charge in [0.05, 0.1) is 13.2 Å². The number of hydrogen-bond acceptors (Lipinski definition) is 5. The first-order valence-corrected chi connectivity index (χ1v) is 10.5. The maximum absolute atomic E-state index is 12.1. The largest absolute Gasteiger partial charge is 0.494 e. The van der Waals surface area contributed by atoms with E-state index in [0.717, 1.165) is 69.7 Å². The standard InChI is InChI=1S/C22H35N3O3/c1-3-4-5-7-21(26)19-8-10-20(11-9-19)28-17-6-12-24-13-15-25(16-14-24)22(27)18-23-2/h8-11,23H,3-7,12-18H2,1-2H3. The molecule has 28 heavy (non-hydrogen) atoms. The Morgan fingerprint density at radius 1 is 1.04 bits per heavy atom. The van der Waals surface area contributed by atoms with Crippen molar-refractivity contribution in [3.05, 3.63) is 29.8 Å². The summed E-state index contributed by atoms with van der Waals surface area (Å²) in [5.74, 6) is 1.21. The quantitative estimate of drug-likeness (QED) is 0.440. The van der Waals surface area contributed by atoms with Crippen LogP contribution in [0.2, 0.25) is 0 Å². The fraction of sp³-hybridized carbons (Fsp3) is 0.636. The van der Waals surface area contributed by atoms with Crippen LogP contribution in [-0.2, 0) is 4.79 Å². The van der Waals surface area contributed by atoms with E-state index in [2.05, 4.69) is 17.1 Å². The second kappa shape index (κ2) is 12.5. The molecule has 1 saturated heterocycles. The third-order valence-electron chi connectivity index (χ3n) is 5.12. The summed E-state index contributed by atoms with van der Waals surface area (Å²) in [6.45, 7) is 7.63. The molecule has 1 N–H and O–H groups in total. The number of piperazine rings is 1. The first-order valence-electron chi connectivity index (χ1n) is 10.5. The summed E-state index contributed by atoms with van der Waals surface area (Å²) >= 11 is 0. The number of rotatable bonds is 12. The molecule has 2 rings (SSSR count). The zero-order chi connectivity index (χ0) is 20.2. The highest BCUT2D eigenvalue weighted by molar-refractivity contribution is 5.96. The van der Waals surface area contributed by atoms with Crippen molar-refractivity contribution in [3.8, 4) is 5.75 Å². The van der Waals surface area contributed by atoms with Crippen LogP contribution < -0.4 is 10.1 Å². The van der Waals surface area contributed by atoms with Crippen LogP contribution in [0.3, 0.4) is 0 Å². The Hall–Kier alpha value is -1.92. The van der Waals surface area contributed by atoms with Gasteiger partial charge in [0.1, 0.15) is 5.75 Å². The van der Waals surface area contributed by atoms with Crippen LogP contribution in [0.5, 0.6) is 5.75 Å². The Labute approximate surface area is 169 Å². The molecule has 0 bridgehead atoms. The molecule has 0 aliphatic carbocycles. The zero-order valence-corrected chi connectivity index (χ0v) is 17.4. The van der Waals surface area contributed by atoms with E-state index >= 15 is 0 Å². The number of amides is 1. The van der Waals surface area contributed by atoms with E-state index in [1.807, 2.05) is 29.2 Å². The number of carbonyl (C=O) groups is 2. The van der Waals surface area contributed by atoms with Crippen molar-refractivity contribution in [2.75, 3.05) is 52.9 Å². The van der Waals surface area contributed by atoms with Gasteiger partial charge < -0.3 is 15.0 Å². The molecule has 6 heteroatoms. The number of ether oxygens (including phenoxy) is 1. The maximum Gasteiger partial charge on any atom is 0.236 e. The normalized spacial score (nSPS) is 14.9. The molecule has 1 aliphatic heterocycles. The highest BCUT2D eigenvalue weighted by atomic mass is 16.5. The van der Waals surface area contributed by atoms with Gasteiger partial charge in [-0.25, -0.2) is 0 Å². The van der Waals surface area contributed by atoms with Crippen LogP contribution in [0, 0.1) is 0 Å². The molecule has 1 aliphatic rings. The summed E-state index contributed by atoms with van der Waals surface area (Å²) < 4.78 is 5.81. The van der Waals surface area contributed by atoms with Crippen LogP contribution in [0.15, 0.2) is 24.3 Å². The average molecular weight is 390 g/mol. The molecule has 0 atom stereocenters. The number of unbranched alkanes of at least 4 members (excludes halogenated alkanes) is 2. The zero-order valence-electron chi connectivity index (χ0n) is 17.4. The van der Waals surface area contributed by atoms with Crippen LogP contribution in [0.25, 0.3) is 0 Å². The van der Waals surface area contributed by atoms with Gasteiger partial charge in [-0.15, -0.1) is 0 Å². The van der Waals surface area contributed by atoms with Crippen LogP contribution >= 0.6 is 0 Å². The van der Waals surface area contributed by atoms with Crippen LogP contribution in [-0.4, -0.2) is 74.4 Å². The summed E-state index contributed by atoms with van der Waals surface area (Å²) in [5.41, 5.74) is 0.772. The lowest BCUT2D eigenvalue weighted by Crippen LogP contribution is -2.50. The Morgan fingerprint density at radius 3 is 2.39 bits per heavy atom. The summed E-state index contributed by atoms with van der Waals surface area (Å²) in [7, 11) is 1.80. The van der Waals surface area contributed by atoms with Gasteiger partial charge >= 0.3 is 0 Å². The van der Waals surface area contributed by atoms with Gasteiger partial charge in [0.25, 0.3) is 0 Å². The maximum atomic E-state index is 12.1. The molecule has 1 heterocycles. The number of nitrogens with one attached hydrogen (secondary N) is 1. The van der Waals surface area contributed by atoms with Gasteiger partial charge in [-0.1, -0.05) is 19.8 Å². The molecule has 0 spiro atoms. The molecule has 1 aromatic carbocycles. The molecule has 0 unspecified atom stereocenters. The second-order valence-electron chi connectivity index (χ2n) is 7.36. The molecular formula is C22H35N3O3. The number of Topliss-reactive ketones (excluding diaryl/α,β-unsaturated/α-hetero) is 1. The smallest absolute Gasteiger partial charge is 0.236 e. The van der Waals surface area contributed by atoms with Crippen molar-refractivity contribution in [3.63, 3.8) is 0 Å². The van der Waals surface area contributed by atoms with Gasteiger partial charge in [-0.3, -0.25) is 14.5 Å². The second-order valence-corrected chi connectivity index (χ2v) is 7.36. The van der Waals surface area contributed by atoms with E-state index in [0.29, 0.717) is 19.6 Å². The van der Waals surface area contributed by atoms with E-state index < -0.39 is 0 Å². The topological polar surface area (TPSA) is 61.9 Å². The van der Waals surface area contributed by atoms with Crippen molar-refractivity contribution in [1.82, 2.24) is 15.1 Å². The minimum Gasteiger partial charge on any atom is -0.494 e. The van der Waals surface area contributed by atoms with E-state index in [1.165, 1.54) is 0 Å². The Morgan fingerprint density at radius 2 is 1.75 bits per heavy atom. The van der Waals surface area contributed by atoms with Crippen molar-refractivity contribution >= 4 is 11.7 Å². The van der Waals surface area contributed by atoms with Gasteiger partial charge in [0, 0.05) is 44.7 Å². The average Bonchev–Trinajstić information content (AvgIpc) is 2.72. The number of nitrogens with zero attached hydrogens (tertiary/aromatic N) is 2. The van der Waals surface area contributed by atoms with E-state index in [4.69, 9.17) is 4.74 Å². The Balaban J connectivity index is 1.61. The Bertz CT molecular complexity index is 596. The molecule has 0 radical (unpaired) electrons. The van der Waals surface area contributed by atoms with Crippen molar-refractivity contribution in [1.29, 1.82) is 0 Å². The molecule has 1 fully saturated rings. The number of likely N-dealkylation sites (N-methyl/N-ethyl adjacent to an activating group) is 1. The third kappa shape index (κ3) is 7.60. The summed E-state index contributed by atoms with van der Waals surface area (Å²) in [6.07, 6.45) is 4.77. The Kier molecular flexibility index (Phi) is 10.0. The van der Waals surface area contributed by atoms with Gasteiger partial charge in [0.2, 0.25) is 5.91 Å². The fourth-order valence-corrected chi connectivity index (χ4v) is 3.38. The monoisotopic (exact) mass is 389 g/mol. The molecule has 1 amide bonds. The minimum atomic E-state index is 0.178. The highest BCUT2D eigenvalue weighted by Gasteiger charge is 2.19. The number of ketones is 1. The van der Waals surface area contributed by atoms with Crippen molar-refractivity contribution < 1.29 is 14.3 Å². The first kappa shape index (κ1) is 22.4. The number of hydrogen-bond donors (Lipinski definition) is 1. The fourth-order valence-electron chi connectivity index (χ4n) is 3.38. The molecule has 6 nitrogen and oxygen atoms in total. The van der Waals surface area contributed by atoms with Gasteiger partial charge in [-0.05, 0) is 44.2 Å². The van der Waals surface area contributed by atoms with Gasteiger partial charge in [-0.2, -0.15) is 0 Å². The predicted molar refractivity (Wildman–Crippen MR) is 112 cm³/mol. The van der Waals surface area contributed by atoms with E-state index in [1.54, 1.807) is 7.05 Å². The van der Waals surface area contributed by atoms with E-state index in [9.17, 15) is 9.59 Å². The van der Waals surface area contributed by atoms with Crippen molar-refractivity contribution in [2.24, 2.45) is 0 Å². The summed E-state index contributed by atoms with van der Waals surface area (Å²) in [4.78, 5) is 28.3. The summed E-state index contributed by atoms with van der Waals surface area (Å²) in [6, 6.07) is 7.51. The first-order chi connectivity index (χ1) is 13.6.